The zero-order valence-corrected chi connectivity index (χ0v) is 14.7. The first kappa shape index (κ1) is 17.4. The van der Waals surface area contributed by atoms with E-state index >= 15 is 0 Å². The summed E-state index contributed by atoms with van der Waals surface area (Å²) < 4.78 is 29.2. The lowest BCUT2D eigenvalue weighted by atomic mass is 9.95. The van der Waals surface area contributed by atoms with Crippen molar-refractivity contribution in [3.05, 3.63) is 22.5 Å². The lowest BCUT2D eigenvalue weighted by Crippen LogP contribution is -2.58. The molecule has 2 N–H and O–H groups in total. The number of anilines is 1. The van der Waals surface area contributed by atoms with Crippen LogP contribution in [0, 0.1) is 5.82 Å². The highest BCUT2D eigenvalue weighted by Gasteiger charge is 2.49. The van der Waals surface area contributed by atoms with Crippen LogP contribution in [0.1, 0.15) is 19.3 Å². The van der Waals surface area contributed by atoms with Gasteiger partial charge in [-0.05, 0) is 30.9 Å². The van der Waals surface area contributed by atoms with E-state index in [1.54, 1.807) is 4.90 Å². The van der Waals surface area contributed by atoms with Crippen molar-refractivity contribution in [1.82, 2.24) is 20.3 Å². The molecule has 2 aromatic heterocycles. The molecule has 1 amide bonds. The van der Waals surface area contributed by atoms with Crippen LogP contribution in [0.4, 0.5) is 19.4 Å². The maximum absolute atomic E-state index is 14.9. The van der Waals surface area contributed by atoms with E-state index < -0.39 is 30.2 Å². The van der Waals surface area contributed by atoms with Crippen molar-refractivity contribution in [2.45, 2.75) is 43.6 Å². The Kier molecular flexibility index (Phi) is 4.23. The predicted octanol–water partition coefficient (Wildman–Crippen LogP) is 3.19. The van der Waals surface area contributed by atoms with Crippen molar-refractivity contribution >= 4 is 46.0 Å². The van der Waals surface area contributed by atoms with E-state index in [9.17, 15) is 13.6 Å². The minimum atomic E-state index is -1.43. The largest absolute Gasteiger partial charge is 0.465 e. The summed E-state index contributed by atoms with van der Waals surface area (Å²) >= 11 is 11.7. The first-order chi connectivity index (χ1) is 12.4. The number of rotatable bonds is 2. The fraction of sp³-hybridized carbons (Fsp3) is 0.467. The molecule has 0 radical (unpaired) electrons. The molecule has 4 rings (SSSR count). The zero-order chi connectivity index (χ0) is 18.6. The summed E-state index contributed by atoms with van der Waals surface area (Å²) in [6.07, 6.45) is 0.101. The summed E-state index contributed by atoms with van der Waals surface area (Å²) in [6.45, 7) is 0. The molecule has 0 aromatic carbocycles. The SMILES string of the molecule is O=C(O)N[C@@H]1C[C@@H]2CC[C@H]([C@H]1F)N2c1nc(Cl)nc2c(F)c(Cl)ncc12. The molecule has 2 aromatic rings. The number of alkyl halides is 1. The van der Waals surface area contributed by atoms with Crippen molar-refractivity contribution in [2.24, 2.45) is 0 Å². The third-order valence-electron chi connectivity index (χ3n) is 4.97. The van der Waals surface area contributed by atoms with Crippen molar-refractivity contribution in [3.8, 4) is 0 Å². The maximum atomic E-state index is 14.9. The van der Waals surface area contributed by atoms with Crippen molar-refractivity contribution in [1.29, 1.82) is 0 Å². The lowest BCUT2D eigenvalue weighted by molar-refractivity contribution is 0.152. The molecule has 0 unspecified atom stereocenters. The van der Waals surface area contributed by atoms with Gasteiger partial charge in [0, 0.05) is 12.2 Å². The number of nitrogens with one attached hydrogen (secondary N) is 1. The Morgan fingerprint density at radius 1 is 1.35 bits per heavy atom. The number of nitrogens with zero attached hydrogens (tertiary/aromatic N) is 4. The Morgan fingerprint density at radius 2 is 2.12 bits per heavy atom. The normalized spacial score (nSPS) is 27.8. The van der Waals surface area contributed by atoms with Crippen LogP contribution < -0.4 is 10.2 Å². The van der Waals surface area contributed by atoms with Crippen LogP contribution in [-0.4, -0.2) is 50.4 Å². The van der Waals surface area contributed by atoms with Crippen LogP contribution in [0.3, 0.4) is 0 Å². The number of hydrogen-bond donors (Lipinski definition) is 2. The number of halogens is 4. The first-order valence-electron chi connectivity index (χ1n) is 7.96. The second-order valence-corrected chi connectivity index (χ2v) is 7.08. The van der Waals surface area contributed by atoms with Crippen molar-refractivity contribution < 1.29 is 18.7 Å². The Hall–Kier alpha value is -2.00. The number of amides is 1. The maximum Gasteiger partial charge on any atom is 0.404 e. The summed E-state index contributed by atoms with van der Waals surface area (Å²) in [5, 5.41) is 10.9. The van der Waals surface area contributed by atoms with Crippen molar-refractivity contribution in [2.75, 3.05) is 4.90 Å². The molecule has 138 valence electrons. The first-order valence-corrected chi connectivity index (χ1v) is 8.71. The van der Waals surface area contributed by atoms with Crippen LogP contribution in [0.5, 0.6) is 0 Å². The molecular formula is C15H13Cl2F2N5O2. The summed E-state index contributed by atoms with van der Waals surface area (Å²) in [5.74, 6) is -0.534. The van der Waals surface area contributed by atoms with E-state index in [1.165, 1.54) is 6.20 Å². The minimum absolute atomic E-state index is 0.0828. The second-order valence-electron chi connectivity index (χ2n) is 6.38. The fourth-order valence-corrected chi connectivity index (χ4v) is 4.27. The number of fused-ring (bicyclic) bond motifs is 3. The van der Waals surface area contributed by atoms with Gasteiger partial charge in [0.2, 0.25) is 5.28 Å². The van der Waals surface area contributed by atoms with Gasteiger partial charge in [-0.2, -0.15) is 4.98 Å². The molecule has 2 aliphatic rings. The van der Waals surface area contributed by atoms with E-state index in [0.29, 0.717) is 12.8 Å². The van der Waals surface area contributed by atoms with Gasteiger partial charge in [0.15, 0.2) is 11.0 Å². The third-order valence-corrected chi connectivity index (χ3v) is 5.40. The van der Waals surface area contributed by atoms with Crippen LogP contribution in [0.25, 0.3) is 10.9 Å². The molecule has 4 heterocycles. The van der Waals surface area contributed by atoms with E-state index in [2.05, 4.69) is 20.3 Å². The van der Waals surface area contributed by atoms with Gasteiger partial charge in [-0.25, -0.2) is 23.5 Å². The second kappa shape index (κ2) is 6.31. The molecule has 7 nitrogen and oxygen atoms in total. The molecule has 26 heavy (non-hydrogen) atoms. The minimum Gasteiger partial charge on any atom is -0.465 e. The molecule has 11 heteroatoms. The van der Waals surface area contributed by atoms with Gasteiger partial charge < -0.3 is 15.3 Å². The van der Waals surface area contributed by atoms with Gasteiger partial charge >= 0.3 is 6.09 Å². The Bertz CT molecular complexity index is 902. The van der Waals surface area contributed by atoms with Crippen LogP contribution in [0.2, 0.25) is 10.4 Å². The third kappa shape index (κ3) is 2.69. The molecule has 0 aliphatic carbocycles. The lowest BCUT2D eigenvalue weighted by Gasteiger charge is -2.42. The number of carbonyl (C=O) groups is 1. The zero-order valence-electron chi connectivity index (χ0n) is 13.2. The van der Waals surface area contributed by atoms with E-state index in [1.807, 2.05) is 0 Å². The molecule has 2 aliphatic heterocycles. The highest BCUT2D eigenvalue weighted by Crippen LogP contribution is 2.42. The molecule has 0 spiro atoms. The van der Waals surface area contributed by atoms with Crippen LogP contribution >= 0.6 is 23.2 Å². The Morgan fingerprint density at radius 3 is 2.85 bits per heavy atom. The molecule has 2 fully saturated rings. The van der Waals surface area contributed by atoms with Gasteiger partial charge in [0.05, 0.1) is 17.5 Å². The number of pyridine rings is 1. The summed E-state index contributed by atoms with van der Waals surface area (Å²) in [4.78, 5) is 24.5. The van der Waals surface area contributed by atoms with Crippen molar-refractivity contribution in [3.63, 3.8) is 0 Å². The molecule has 4 atom stereocenters. The Labute approximate surface area is 156 Å². The standard InChI is InChI=1S/C15H13Cl2F2N5O2/c16-12-10(19)11-6(4-20-12)13(23-14(17)22-11)24-5-1-2-8(24)9(18)7(3-5)21-15(25)26/h4-5,7-9,21H,1-3H2,(H,25,26)/t5-,7+,8+,9-/m0/s1. The number of hydrogen-bond acceptors (Lipinski definition) is 5. The summed E-state index contributed by atoms with van der Waals surface area (Å²) in [5.41, 5.74) is -0.0828. The highest BCUT2D eigenvalue weighted by atomic mass is 35.5. The van der Waals surface area contributed by atoms with Gasteiger partial charge in [0.25, 0.3) is 0 Å². The monoisotopic (exact) mass is 403 g/mol. The quantitative estimate of drug-likeness (QED) is 0.590. The Balaban J connectivity index is 1.79. The van der Waals surface area contributed by atoms with E-state index in [4.69, 9.17) is 28.3 Å². The predicted molar refractivity (Wildman–Crippen MR) is 91.1 cm³/mol. The van der Waals surface area contributed by atoms with Gasteiger partial charge in [-0.15, -0.1) is 0 Å². The van der Waals surface area contributed by atoms with Gasteiger partial charge in [0.1, 0.15) is 17.5 Å². The van der Waals surface area contributed by atoms with Gasteiger partial charge in [-0.3, -0.25) is 0 Å². The van der Waals surface area contributed by atoms with Crippen LogP contribution in [-0.2, 0) is 0 Å². The molecule has 0 saturated carbocycles. The molecule has 2 saturated heterocycles. The fourth-order valence-electron chi connectivity index (χ4n) is 3.96. The highest BCUT2D eigenvalue weighted by molar-refractivity contribution is 6.30. The molecule has 2 bridgehead atoms. The number of aromatic nitrogens is 3. The van der Waals surface area contributed by atoms with E-state index in [0.717, 1.165) is 0 Å². The average Bonchev–Trinajstić information content (AvgIpc) is 2.92. The van der Waals surface area contributed by atoms with E-state index in [-0.39, 0.29) is 39.6 Å². The smallest absolute Gasteiger partial charge is 0.404 e. The topological polar surface area (TPSA) is 91.2 Å². The average molecular weight is 404 g/mol. The van der Waals surface area contributed by atoms with Crippen LogP contribution in [0.15, 0.2) is 6.20 Å². The number of piperidine rings is 1. The number of carboxylic acid groups (broad SMARTS) is 1. The summed E-state index contributed by atoms with van der Waals surface area (Å²) in [7, 11) is 0. The summed E-state index contributed by atoms with van der Waals surface area (Å²) in [6, 6.07) is -1.55. The van der Waals surface area contributed by atoms with Gasteiger partial charge in [-0.1, -0.05) is 11.6 Å². The molecular weight excluding hydrogens is 391 g/mol.